The fourth-order valence-electron chi connectivity index (χ4n) is 2.85. The molecule has 1 atom stereocenters. The highest BCUT2D eigenvalue weighted by Gasteiger charge is 2.27. The number of terminal acetylenes is 1. The molecule has 152 valence electrons. The van der Waals surface area contributed by atoms with E-state index in [1.165, 1.54) is 0 Å². The lowest BCUT2D eigenvalue weighted by molar-refractivity contribution is -0.134. The van der Waals surface area contributed by atoms with Crippen LogP contribution in [0.15, 0.2) is 0 Å². The van der Waals surface area contributed by atoms with Gasteiger partial charge in [-0.2, -0.15) is 0 Å². The van der Waals surface area contributed by atoms with Crippen LogP contribution in [0.5, 0.6) is 0 Å². The lowest BCUT2D eigenvalue weighted by Crippen LogP contribution is -2.51. The summed E-state index contributed by atoms with van der Waals surface area (Å²) in [5, 5.41) is 5.24. The van der Waals surface area contributed by atoms with E-state index >= 15 is 0 Å². The molecule has 0 aromatic carbocycles. The summed E-state index contributed by atoms with van der Waals surface area (Å²) in [5.41, 5.74) is -0.649. The Morgan fingerprint density at radius 1 is 1.22 bits per heavy atom. The molecule has 7 nitrogen and oxygen atoms in total. The number of carbonyl (C=O) groups is 3. The Bertz CT molecular complexity index is 567. The van der Waals surface area contributed by atoms with Gasteiger partial charge in [0.25, 0.3) is 0 Å². The number of nitrogens with zero attached hydrogens (tertiary/aromatic N) is 1. The van der Waals surface area contributed by atoms with Gasteiger partial charge in [-0.15, -0.1) is 12.3 Å². The summed E-state index contributed by atoms with van der Waals surface area (Å²) in [6, 6.07) is -0.750. The zero-order valence-corrected chi connectivity index (χ0v) is 17.1. The maximum absolute atomic E-state index is 12.5. The van der Waals surface area contributed by atoms with Crippen molar-refractivity contribution in [3.8, 4) is 12.3 Å². The smallest absolute Gasteiger partial charge is 0.408 e. The number of ether oxygens (including phenoxy) is 1. The molecule has 1 aliphatic rings. The van der Waals surface area contributed by atoms with E-state index < -0.39 is 17.7 Å². The summed E-state index contributed by atoms with van der Waals surface area (Å²) in [5.74, 6) is 2.60. The lowest BCUT2D eigenvalue weighted by Gasteiger charge is -2.30. The quantitative estimate of drug-likeness (QED) is 0.690. The molecule has 27 heavy (non-hydrogen) atoms. The molecule has 1 fully saturated rings. The Labute approximate surface area is 162 Å². The SMILES string of the molecule is C#CC1CCN(C(=O)CNC(=O)[C@H](CC(C)C)NC(=O)OC(C)(C)C)CC1. The Morgan fingerprint density at radius 2 is 1.81 bits per heavy atom. The highest BCUT2D eigenvalue weighted by atomic mass is 16.6. The predicted octanol–water partition coefficient (Wildman–Crippen LogP) is 1.91. The average molecular weight is 380 g/mol. The second-order valence-corrected chi connectivity index (χ2v) is 8.37. The second kappa shape index (κ2) is 10.2. The molecule has 0 aliphatic carbocycles. The normalized spacial score (nSPS) is 16.4. The minimum atomic E-state index is -0.750. The van der Waals surface area contributed by atoms with Crippen LogP contribution in [-0.4, -0.2) is 54.1 Å². The van der Waals surface area contributed by atoms with Gasteiger partial charge in [0.05, 0.1) is 6.54 Å². The van der Waals surface area contributed by atoms with E-state index in [-0.39, 0.29) is 30.2 Å². The van der Waals surface area contributed by atoms with Crippen LogP contribution in [0.1, 0.15) is 53.9 Å². The predicted molar refractivity (Wildman–Crippen MR) is 104 cm³/mol. The first-order chi connectivity index (χ1) is 12.5. The molecular weight excluding hydrogens is 346 g/mol. The molecule has 1 aliphatic heterocycles. The summed E-state index contributed by atoms with van der Waals surface area (Å²) in [6.45, 7) is 10.3. The van der Waals surface area contributed by atoms with Gasteiger partial charge in [-0.3, -0.25) is 9.59 Å². The topological polar surface area (TPSA) is 87.7 Å². The summed E-state index contributed by atoms with van der Waals surface area (Å²) < 4.78 is 5.22. The molecule has 0 saturated carbocycles. The van der Waals surface area contributed by atoms with Crippen LogP contribution in [0.25, 0.3) is 0 Å². The van der Waals surface area contributed by atoms with Crippen molar-refractivity contribution in [2.45, 2.75) is 65.5 Å². The number of piperidine rings is 1. The third kappa shape index (κ3) is 8.80. The van der Waals surface area contributed by atoms with Gasteiger partial charge in [0.2, 0.25) is 11.8 Å². The van der Waals surface area contributed by atoms with Crippen LogP contribution < -0.4 is 10.6 Å². The minimum Gasteiger partial charge on any atom is -0.444 e. The number of carbonyl (C=O) groups excluding carboxylic acids is 3. The van der Waals surface area contributed by atoms with Crippen molar-refractivity contribution in [3.05, 3.63) is 0 Å². The molecule has 0 radical (unpaired) electrons. The number of nitrogens with one attached hydrogen (secondary N) is 2. The molecule has 0 aromatic rings. The first-order valence-corrected chi connectivity index (χ1v) is 9.53. The molecule has 1 saturated heterocycles. The molecule has 1 heterocycles. The monoisotopic (exact) mass is 379 g/mol. The number of hydrogen-bond donors (Lipinski definition) is 2. The van der Waals surface area contributed by atoms with E-state index in [1.807, 2.05) is 13.8 Å². The van der Waals surface area contributed by atoms with Gasteiger partial charge in [-0.25, -0.2) is 4.79 Å². The fraction of sp³-hybridized carbons (Fsp3) is 0.750. The van der Waals surface area contributed by atoms with Crippen LogP contribution in [0.3, 0.4) is 0 Å². The molecule has 0 spiro atoms. The van der Waals surface area contributed by atoms with Crippen LogP contribution in [0.2, 0.25) is 0 Å². The first-order valence-electron chi connectivity index (χ1n) is 9.53. The van der Waals surface area contributed by atoms with Gasteiger partial charge in [0.15, 0.2) is 0 Å². The van der Waals surface area contributed by atoms with Crippen LogP contribution in [-0.2, 0) is 14.3 Å². The van der Waals surface area contributed by atoms with E-state index in [0.717, 1.165) is 12.8 Å². The van der Waals surface area contributed by atoms with Gasteiger partial charge >= 0.3 is 6.09 Å². The van der Waals surface area contributed by atoms with Crippen molar-refractivity contribution in [2.75, 3.05) is 19.6 Å². The Morgan fingerprint density at radius 3 is 2.30 bits per heavy atom. The van der Waals surface area contributed by atoms with E-state index in [9.17, 15) is 14.4 Å². The lowest BCUT2D eigenvalue weighted by atomic mass is 9.98. The largest absolute Gasteiger partial charge is 0.444 e. The highest BCUT2D eigenvalue weighted by molar-refractivity contribution is 5.89. The van der Waals surface area contributed by atoms with Crippen molar-refractivity contribution in [1.82, 2.24) is 15.5 Å². The van der Waals surface area contributed by atoms with E-state index in [2.05, 4.69) is 16.6 Å². The standard InChI is InChI=1S/C20H33N3O4/c1-7-15-8-10-23(11-9-15)17(24)13-21-18(25)16(12-14(2)3)22-19(26)27-20(4,5)6/h1,14-16H,8-13H2,2-6H3,(H,21,25)(H,22,26)/t16-/m0/s1. The zero-order chi connectivity index (χ0) is 20.6. The molecule has 3 amide bonds. The molecule has 0 unspecified atom stereocenters. The maximum Gasteiger partial charge on any atom is 0.408 e. The van der Waals surface area contributed by atoms with Crippen LogP contribution in [0.4, 0.5) is 4.79 Å². The molecule has 1 rings (SSSR count). The first kappa shape index (κ1) is 22.8. The number of likely N-dealkylation sites (tertiary alicyclic amines) is 1. The summed E-state index contributed by atoms with van der Waals surface area (Å²) in [6.07, 6.45) is 6.79. The van der Waals surface area contributed by atoms with Crippen molar-refractivity contribution in [2.24, 2.45) is 11.8 Å². The molecule has 0 aromatic heterocycles. The third-order valence-electron chi connectivity index (χ3n) is 4.21. The minimum absolute atomic E-state index is 0.0931. The van der Waals surface area contributed by atoms with Gasteiger partial charge in [0, 0.05) is 19.0 Å². The van der Waals surface area contributed by atoms with Crippen molar-refractivity contribution in [1.29, 1.82) is 0 Å². The van der Waals surface area contributed by atoms with Crippen molar-refractivity contribution < 1.29 is 19.1 Å². The number of alkyl carbamates (subject to hydrolysis) is 1. The number of hydrogen-bond acceptors (Lipinski definition) is 4. The third-order valence-corrected chi connectivity index (χ3v) is 4.21. The molecule has 0 bridgehead atoms. The van der Waals surface area contributed by atoms with Crippen LogP contribution in [0, 0.1) is 24.2 Å². The van der Waals surface area contributed by atoms with Crippen molar-refractivity contribution >= 4 is 17.9 Å². The molecular formula is C20H33N3O4. The van der Waals surface area contributed by atoms with Crippen molar-refractivity contribution in [3.63, 3.8) is 0 Å². The number of amides is 3. The Balaban J connectivity index is 2.54. The summed E-state index contributed by atoms with van der Waals surface area (Å²) in [4.78, 5) is 38.5. The Hall–Kier alpha value is -2.23. The molecule has 7 heteroatoms. The van der Waals surface area contributed by atoms with E-state index in [4.69, 9.17) is 11.2 Å². The second-order valence-electron chi connectivity index (χ2n) is 8.37. The van der Waals surface area contributed by atoms with Gasteiger partial charge < -0.3 is 20.3 Å². The summed E-state index contributed by atoms with van der Waals surface area (Å²) >= 11 is 0. The maximum atomic E-state index is 12.5. The fourth-order valence-corrected chi connectivity index (χ4v) is 2.85. The van der Waals surface area contributed by atoms with Crippen LogP contribution >= 0.6 is 0 Å². The highest BCUT2D eigenvalue weighted by Crippen LogP contribution is 2.16. The average Bonchev–Trinajstić information content (AvgIpc) is 2.56. The van der Waals surface area contributed by atoms with E-state index in [1.54, 1.807) is 25.7 Å². The Kier molecular flexibility index (Phi) is 8.61. The zero-order valence-electron chi connectivity index (χ0n) is 17.1. The molecule has 2 N–H and O–H groups in total. The number of rotatable bonds is 6. The van der Waals surface area contributed by atoms with Gasteiger partial charge in [-0.05, 0) is 46.0 Å². The summed E-state index contributed by atoms with van der Waals surface area (Å²) in [7, 11) is 0. The van der Waals surface area contributed by atoms with E-state index in [0.29, 0.717) is 19.5 Å². The van der Waals surface area contributed by atoms with Gasteiger partial charge in [-0.1, -0.05) is 13.8 Å². The van der Waals surface area contributed by atoms with Gasteiger partial charge in [0.1, 0.15) is 11.6 Å².